The lowest BCUT2D eigenvalue weighted by Gasteiger charge is -2.32. The third kappa shape index (κ3) is 2.97. The van der Waals surface area contributed by atoms with E-state index < -0.39 is 0 Å². The fraction of sp³-hybridized carbons (Fsp3) is 0.462. The van der Waals surface area contributed by atoms with Gasteiger partial charge in [-0.05, 0) is 37.0 Å². The van der Waals surface area contributed by atoms with Gasteiger partial charge < -0.3 is 15.8 Å². The molecule has 0 radical (unpaired) electrons. The first kappa shape index (κ1) is 11.9. The molecule has 1 aromatic carbocycles. The maximum absolute atomic E-state index is 11.3. The number of nitrogens with two attached hydrogens (primary N) is 1. The van der Waals surface area contributed by atoms with Crippen LogP contribution in [0.2, 0.25) is 0 Å². The smallest absolute Gasteiger partial charge is 0.337 e. The molecule has 0 heterocycles. The van der Waals surface area contributed by atoms with Gasteiger partial charge in [-0.3, -0.25) is 0 Å². The van der Waals surface area contributed by atoms with Crippen LogP contribution < -0.4 is 11.1 Å². The van der Waals surface area contributed by atoms with Gasteiger partial charge in [-0.1, -0.05) is 6.07 Å². The highest BCUT2D eigenvalue weighted by Gasteiger charge is 2.25. The Hall–Kier alpha value is -1.55. The largest absolute Gasteiger partial charge is 0.465 e. The molecule has 0 aromatic heterocycles. The second-order valence-electron chi connectivity index (χ2n) is 4.55. The molecule has 1 saturated carbocycles. The summed E-state index contributed by atoms with van der Waals surface area (Å²) in [5, 5.41) is 3.32. The van der Waals surface area contributed by atoms with Crippen molar-refractivity contribution in [2.75, 3.05) is 19.0 Å². The normalized spacial score (nSPS) is 22.7. The Morgan fingerprint density at radius 2 is 2.29 bits per heavy atom. The highest BCUT2D eigenvalue weighted by molar-refractivity contribution is 5.90. The van der Waals surface area contributed by atoms with E-state index in [1.165, 1.54) is 7.11 Å². The predicted molar refractivity (Wildman–Crippen MR) is 67.0 cm³/mol. The monoisotopic (exact) mass is 234 g/mol. The quantitative estimate of drug-likeness (QED) is 0.777. The summed E-state index contributed by atoms with van der Waals surface area (Å²) < 4.78 is 4.68. The third-order valence-corrected chi connectivity index (χ3v) is 3.15. The third-order valence-electron chi connectivity index (χ3n) is 3.15. The number of carbonyl (C=O) groups excluding carboxylic acids is 1. The molecule has 0 saturated heterocycles. The molecule has 0 amide bonds. The van der Waals surface area contributed by atoms with Gasteiger partial charge in [-0.15, -0.1) is 0 Å². The minimum atomic E-state index is -0.306. The number of carbonyl (C=O) groups is 1. The number of anilines is 1. The lowest BCUT2D eigenvalue weighted by molar-refractivity contribution is 0.0601. The van der Waals surface area contributed by atoms with Crippen LogP contribution >= 0.6 is 0 Å². The van der Waals surface area contributed by atoms with Crippen LogP contribution in [0.15, 0.2) is 24.3 Å². The summed E-state index contributed by atoms with van der Waals surface area (Å²) in [5.41, 5.74) is 7.25. The van der Waals surface area contributed by atoms with Gasteiger partial charge in [0.25, 0.3) is 0 Å². The van der Waals surface area contributed by atoms with Crippen LogP contribution in [-0.4, -0.2) is 25.7 Å². The molecule has 1 aromatic rings. The van der Waals surface area contributed by atoms with Crippen LogP contribution in [0.25, 0.3) is 0 Å². The summed E-state index contributed by atoms with van der Waals surface area (Å²) >= 11 is 0. The van der Waals surface area contributed by atoms with Crippen molar-refractivity contribution >= 4 is 11.7 Å². The molecular formula is C13H18N2O2. The van der Waals surface area contributed by atoms with Crippen molar-refractivity contribution in [2.45, 2.75) is 18.9 Å². The molecule has 0 spiro atoms. The molecule has 0 atom stereocenters. The number of ether oxygens (including phenoxy) is 1. The first-order chi connectivity index (χ1) is 8.19. The Balaban J connectivity index is 1.90. The Morgan fingerprint density at radius 3 is 2.94 bits per heavy atom. The van der Waals surface area contributed by atoms with E-state index in [1.54, 1.807) is 6.07 Å². The Bertz CT molecular complexity index is 400. The van der Waals surface area contributed by atoms with Gasteiger partial charge in [-0.25, -0.2) is 4.79 Å². The molecule has 0 aliphatic heterocycles. The van der Waals surface area contributed by atoms with E-state index in [1.807, 2.05) is 18.2 Å². The van der Waals surface area contributed by atoms with Gasteiger partial charge in [0.1, 0.15) is 0 Å². The molecule has 1 aliphatic carbocycles. The van der Waals surface area contributed by atoms with Gasteiger partial charge in [0, 0.05) is 18.3 Å². The average molecular weight is 234 g/mol. The van der Waals surface area contributed by atoms with Gasteiger partial charge >= 0.3 is 5.97 Å². The SMILES string of the molecule is COC(=O)c1cccc(NCC2CC(N)C2)c1. The zero-order valence-corrected chi connectivity index (χ0v) is 9.98. The number of esters is 1. The second-order valence-corrected chi connectivity index (χ2v) is 4.55. The molecule has 4 heteroatoms. The van der Waals surface area contributed by atoms with Crippen LogP contribution in [0.5, 0.6) is 0 Å². The summed E-state index contributed by atoms with van der Waals surface area (Å²) in [6.45, 7) is 0.915. The number of methoxy groups -OCH3 is 1. The summed E-state index contributed by atoms with van der Waals surface area (Å²) in [4.78, 5) is 11.3. The van der Waals surface area contributed by atoms with Crippen molar-refractivity contribution in [3.05, 3.63) is 29.8 Å². The van der Waals surface area contributed by atoms with Crippen molar-refractivity contribution in [1.82, 2.24) is 0 Å². The highest BCUT2D eigenvalue weighted by Crippen LogP contribution is 2.25. The molecular weight excluding hydrogens is 216 g/mol. The lowest BCUT2D eigenvalue weighted by Crippen LogP contribution is -2.39. The molecule has 0 unspecified atom stereocenters. The fourth-order valence-corrected chi connectivity index (χ4v) is 2.09. The van der Waals surface area contributed by atoms with E-state index in [0.29, 0.717) is 17.5 Å². The zero-order valence-electron chi connectivity index (χ0n) is 9.98. The first-order valence-electron chi connectivity index (χ1n) is 5.87. The van der Waals surface area contributed by atoms with Crippen LogP contribution in [0.1, 0.15) is 23.2 Å². The molecule has 92 valence electrons. The van der Waals surface area contributed by atoms with E-state index in [0.717, 1.165) is 25.1 Å². The number of hydrogen-bond donors (Lipinski definition) is 2. The van der Waals surface area contributed by atoms with E-state index in [9.17, 15) is 4.79 Å². The van der Waals surface area contributed by atoms with Gasteiger partial charge in [0.15, 0.2) is 0 Å². The van der Waals surface area contributed by atoms with Crippen molar-refractivity contribution in [1.29, 1.82) is 0 Å². The molecule has 17 heavy (non-hydrogen) atoms. The van der Waals surface area contributed by atoms with E-state index in [4.69, 9.17) is 5.73 Å². The molecule has 4 nitrogen and oxygen atoms in total. The van der Waals surface area contributed by atoms with E-state index >= 15 is 0 Å². The minimum Gasteiger partial charge on any atom is -0.465 e. The van der Waals surface area contributed by atoms with Crippen molar-refractivity contribution in [3.8, 4) is 0 Å². The molecule has 1 aliphatic rings. The van der Waals surface area contributed by atoms with Crippen molar-refractivity contribution in [3.63, 3.8) is 0 Å². The van der Waals surface area contributed by atoms with E-state index in [2.05, 4.69) is 10.1 Å². The number of nitrogens with one attached hydrogen (secondary N) is 1. The van der Waals surface area contributed by atoms with E-state index in [-0.39, 0.29) is 5.97 Å². The van der Waals surface area contributed by atoms with Gasteiger partial charge in [-0.2, -0.15) is 0 Å². The predicted octanol–water partition coefficient (Wildman–Crippen LogP) is 1.62. The zero-order chi connectivity index (χ0) is 12.3. The van der Waals surface area contributed by atoms with Gasteiger partial charge in [0.2, 0.25) is 0 Å². The Kier molecular flexibility index (Phi) is 3.64. The number of benzene rings is 1. The summed E-state index contributed by atoms with van der Waals surface area (Å²) in [6, 6.07) is 7.73. The second kappa shape index (κ2) is 5.19. The minimum absolute atomic E-state index is 0.306. The first-order valence-corrected chi connectivity index (χ1v) is 5.87. The molecule has 0 bridgehead atoms. The van der Waals surface area contributed by atoms with Crippen LogP contribution in [0, 0.1) is 5.92 Å². The summed E-state index contributed by atoms with van der Waals surface area (Å²) in [6.07, 6.45) is 2.17. The van der Waals surface area contributed by atoms with Crippen molar-refractivity contribution in [2.24, 2.45) is 11.7 Å². The maximum atomic E-state index is 11.3. The van der Waals surface area contributed by atoms with Crippen LogP contribution in [0.3, 0.4) is 0 Å². The maximum Gasteiger partial charge on any atom is 0.337 e. The average Bonchev–Trinajstić information content (AvgIpc) is 2.32. The molecule has 1 fully saturated rings. The van der Waals surface area contributed by atoms with Crippen molar-refractivity contribution < 1.29 is 9.53 Å². The lowest BCUT2D eigenvalue weighted by atomic mass is 9.81. The topological polar surface area (TPSA) is 64.3 Å². The summed E-state index contributed by atoms with van der Waals surface area (Å²) in [7, 11) is 1.39. The highest BCUT2D eigenvalue weighted by atomic mass is 16.5. The van der Waals surface area contributed by atoms with Crippen LogP contribution in [0.4, 0.5) is 5.69 Å². The molecule has 2 rings (SSSR count). The van der Waals surface area contributed by atoms with Gasteiger partial charge in [0.05, 0.1) is 12.7 Å². The standard InChI is InChI=1S/C13H18N2O2/c1-17-13(16)10-3-2-4-12(7-10)15-8-9-5-11(14)6-9/h2-4,7,9,11,15H,5-6,8,14H2,1H3. The molecule has 3 N–H and O–H groups in total. The Labute approximate surface area is 101 Å². The van der Waals surface area contributed by atoms with Crippen LogP contribution in [-0.2, 0) is 4.74 Å². The number of hydrogen-bond acceptors (Lipinski definition) is 4. The fourth-order valence-electron chi connectivity index (χ4n) is 2.09. The Morgan fingerprint density at radius 1 is 1.53 bits per heavy atom. The summed E-state index contributed by atoms with van der Waals surface area (Å²) in [5.74, 6) is 0.353. The number of rotatable bonds is 4.